The first-order valence-electron chi connectivity index (χ1n) is 5.05. The predicted octanol–water partition coefficient (Wildman–Crippen LogP) is 3.55. The molecule has 0 atom stereocenters. The molecule has 0 aliphatic carbocycles. The van der Waals surface area contributed by atoms with Gasteiger partial charge in [0.2, 0.25) is 0 Å². The fraction of sp³-hybridized carbons (Fsp3) is 0.143. The molecule has 0 saturated carbocycles. The van der Waals surface area contributed by atoms with Gasteiger partial charge in [0.05, 0.1) is 0 Å². The Kier molecular flexibility index (Phi) is 2.46. The van der Waals surface area contributed by atoms with Crippen molar-refractivity contribution in [2.24, 2.45) is 0 Å². The predicted molar refractivity (Wildman–Crippen MR) is 68.4 cm³/mol. The normalized spacial score (nSPS) is 10.3. The Balaban J connectivity index is 2.82. The zero-order chi connectivity index (χ0) is 10.8. The SMILES string of the molecule is C=Cc1cccc2c(N(C)C)cccc12. The molecule has 0 spiro atoms. The summed E-state index contributed by atoms with van der Waals surface area (Å²) in [6.07, 6.45) is 1.90. The molecule has 2 aromatic carbocycles. The van der Waals surface area contributed by atoms with Crippen LogP contribution in [-0.4, -0.2) is 14.1 Å². The van der Waals surface area contributed by atoms with E-state index >= 15 is 0 Å². The number of benzene rings is 2. The van der Waals surface area contributed by atoms with E-state index in [1.165, 1.54) is 22.0 Å². The van der Waals surface area contributed by atoms with Crippen molar-refractivity contribution in [1.82, 2.24) is 0 Å². The Labute approximate surface area is 90.6 Å². The van der Waals surface area contributed by atoms with Crippen LogP contribution in [-0.2, 0) is 0 Å². The minimum atomic E-state index is 1.19. The summed E-state index contributed by atoms with van der Waals surface area (Å²) in [5.74, 6) is 0. The molecule has 0 radical (unpaired) electrons. The van der Waals surface area contributed by atoms with Gasteiger partial charge in [-0.15, -0.1) is 0 Å². The van der Waals surface area contributed by atoms with Gasteiger partial charge >= 0.3 is 0 Å². The van der Waals surface area contributed by atoms with Crippen molar-refractivity contribution in [1.29, 1.82) is 0 Å². The Morgan fingerprint density at radius 2 is 1.67 bits per heavy atom. The summed E-state index contributed by atoms with van der Waals surface area (Å²) in [4.78, 5) is 2.13. The van der Waals surface area contributed by atoms with Crippen LogP contribution in [0.25, 0.3) is 16.8 Å². The molecule has 0 heterocycles. The molecular weight excluding hydrogens is 182 g/mol. The summed E-state index contributed by atoms with van der Waals surface area (Å²) in [5, 5.41) is 2.54. The van der Waals surface area contributed by atoms with E-state index in [1.807, 2.05) is 6.08 Å². The standard InChI is InChI=1S/C14H15N/c1-4-11-7-5-9-13-12(11)8-6-10-14(13)15(2)3/h4-10H,1H2,2-3H3. The summed E-state index contributed by atoms with van der Waals surface area (Å²) in [7, 11) is 4.13. The largest absolute Gasteiger partial charge is 0.377 e. The number of nitrogens with zero attached hydrogens (tertiary/aromatic N) is 1. The van der Waals surface area contributed by atoms with Gasteiger partial charge in [-0.25, -0.2) is 0 Å². The molecule has 0 N–H and O–H groups in total. The van der Waals surface area contributed by atoms with Crippen molar-refractivity contribution in [3.63, 3.8) is 0 Å². The zero-order valence-electron chi connectivity index (χ0n) is 9.20. The van der Waals surface area contributed by atoms with Gasteiger partial charge in [0.1, 0.15) is 0 Å². The third-order valence-electron chi connectivity index (χ3n) is 2.63. The van der Waals surface area contributed by atoms with Crippen LogP contribution in [0.1, 0.15) is 5.56 Å². The number of hydrogen-bond donors (Lipinski definition) is 0. The highest BCUT2D eigenvalue weighted by atomic mass is 15.1. The molecule has 1 nitrogen and oxygen atoms in total. The summed E-state index contributed by atoms with van der Waals surface area (Å²) >= 11 is 0. The van der Waals surface area contributed by atoms with Crippen LogP contribution in [0.5, 0.6) is 0 Å². The summed E-state index contributed by atoms with van der Waals surface area (Å²) in [5.41, 5.74) is 2.44. The Morgan fingerprint density at radius 1 is 1.00 bits per heavy atom. The van der Waals surface area contributed by atoms with Gasteiger partial charge < -0.3 is 4.90 Å². The summed E-state index contributed by atoms with van der Waals surface area (Å²) in [6, 6.07) is 12.7. The molecular formula is C14H15N. The van der Waals surface area contributed by atoms with Crippen molar-refractivity contribution < 1.29 is 0 Å². The minimum absolute atomic E-state index is 1.19. The topological polar surface area (TPSA) is 3.24 Å². The average Bonchev–Trinajstić information content (AvgIpc) is 2.27. The second kappa shape index (κ2) is 3.77. The van der Waals surface area contributed by atoms with Crippen molar-refractivity contribution in [2.45, 2.75) is 0 Å². The van der Waals surface area contributed by atoms with E-state index in [9.17, 15) is 0 Å². The first-order chi connectivity index (χ1) is 7.24. The van der Waals surface area contributed by atoms with Crippen molar-refractivity contribution in [2.75, 3.05) is 19.0 Å². The molecule has 0 amide bonds. The van der Waals surface area contributed by atoms with E-state index in [0.717, 1.165) is 0 Å². The van der Waals surface area contributed by atoms with Crippen molar-refractivity contribution in [3.05, 3.63) is 48.5 Å². The lowest BCUT2D eigenvalue weighted by atomic mass is 10.0. The Bertz CT molecular complexity index is 498. The third kappa shape index (κ3) is 1.61. The first-order valence-corrected chi connectivity index (χ1v) is 5.05. The van der Waals surface area contributed by atoms with E-state index in [2.05, 4.69) is 62.0 Å². The van der Waals surface area contributed by atoms with E-state index < -0.39 is 0 Å². The number of rotatable bonds is 2. The lowest BCUT2D eigenvalue weighted by Crippen LogP contribution is -2.08. The van der Waals surface area contributed by atoms with E-state index in [-0.39, 0.29) is 0 Å². The van der Waals surface area contributed by atoms with Gasteiger partial charge in [0, 0.05) is 25.2 Å². The van der Waals surface area contributed by atoms with Gasteiger partial charge in [0.25, 0.3) is 0 Å². The van der Waals surface area contributed by atoms with Crippen molar-refractivity contribution in [3.8, 4) is 0 Å². The fourth-order valence-electron chi connectivity index (χ4n) is 1.89. The van der Waals surface area contributed by atoms with Crippen molar-refractivity contribution >= 4 is 22.5 Å². The lowest BCUT2D eigenvalue weighted by Gasteiger charge is -2.16. The van der Waals surface area contributed by atoms with Crippen LogP contribution in [0.15, 0.2) is 43.0 Å². The molecule has 15 heavy (non-hydrogen) atoms. The van der Waals surface area contributed by atoms with Crippen LogP contribution in [0.2, 0.25) is 0 Å². The summed E-state index contributed by atoms with van der Waals surface area (Å²) < 4.78 is 0. The molecule has 0 aliphatic rings. The quantitative estimate of drug-likeness (QED) is 0.711. The maximum Gasteiger partial charge on any atom is 0.0440 e. The van der Waals surface area contributed by atoms with Gasteiger partial charge in [-0.05, 0) is 17.0 Å². The van der Waals surface area contributed by atoms with E-state index in [1.54, 1.807) is 0 Å². The smallest absolute Gasteiger partial charge is 0.0440 e. The highest BCUT2D eigenvalue weighted by Gasteiger charge is 2.03. The molecule has 2 rings (SSSR count). The zero-order valence-corrected chi connectivity index (χ0v) is 9.20. The second-order valence-electron chi connectivity index (χ2n) is 3.82. The lowest BCUT2D eigenvalue weighted by molar-refractivity contribution is 1.14. The Morgan fingerprint density at radius 3 is 2.33 bits per heavy atom. The molecule has 0 saturated heterocycles. The van der Waals surface area contributed by atoms with E-state index in [4.69, 9.17) is 0 Å². The molecule has 1 heteroatoms. The second-order valence-corrected chi connectivity index (χ2v) is 3.82. The van der Waals surface area contributed by atoms with Crippen LogP contribution in [0.3, 0.4) is 0 Å². The molecule has 0 bridgehead atoms. The van der Waals surface area contributed by atoms with Crippen LogP contribution >= 0.6 is 0 Å². The van der Waals surface area contributed by atoms with E-state index in [0.29, 0.717) is 0 Å². The molecule has 0 unspecified atom stereocenters. The molecule has 0 aromatic heterocycles. The highest BCUT2D eigenvalue weighted by molar-refractivity contribution is 5.98. The van der Waals surface area contributed by atoms with Gasteiger partial charge in [-0.1, -0.05) is 43.0 Å². The number of hydrogen-bond acceptors (Lipinski definition) is 1. The fourth-order valence-corrected chi connectivity index (χ4v) is 1.89. The summed E-state index contributed by atoms with van der Waals surface area (Å²) in [6.45, 7) is 3.84. The van der Waals surface area contributed by atoms with Gasteiger partial charge in [-0.2, -0.15) is 0 Å². The molecule has 76 valence electrons. The first kappa shape index (κ1) is 9.78. The van der Waals surface area contributed by atoms with Crippen LogP contribution in [0, 0.1) is 0 Å². The van der Waals surface area contributed by atoms with Gasteiger partial charge in [0.15, 0.2) is 0 Å². The Hall–Kier alpha value is -1.76. The minimum Gasteiger partial charge on any atom is -0.377 e. The van der Waals surface area contributed by atoms with Gasteiger partial charge in [-0.3, -0.25) is 0 Å². The number of anilines is 1. The maximum atomic E-state index is 3.84. The van der Waals surface area contributed by atoms with Crippen LogP contribution in [0.4, 0.5) is 5.69 Å². The highest BCUT2D eigenvalue weighted by Crippen LogP contribution is 2.28. The number of fused-ring (bicyclic) bond motifs is 1. The monoisotopic (exact) mass is 197 g/mol. The average molecular weight is 197 g/mol. The van der Waals surface area contributed by atoms with Crippen LogP contribution < -0.4 is 4.90 Å². The molecule has 2 aromatic rings. The third-order valence-corrected chi connectivity index (χ3v) is 2.63. The molecule has 0 fully saturated rings. The maximum absolute atomic E-state index is 3.84. The molecule has 0 aliphatic heterocycles.